The quantitative estimate of drug-likeness (QED) is 0.896. The molecule has 2 aromatic carbocycles. The van der Waals surface area contributed by atoms with E-state index in [-0.39, 0.29) is 11.7 Å². The average Bonchev–Trinajstić information content (AvgIpc) is 2.90. The van der Waals surface area contributed by atoms with Crippen LogP contribution in [0.1, 0.15) is 49.3 Å². The molecule has 0 saturated heterocycles. The molecule has 1 aliphatic carbocycles. The van der Waals surface area contributed by atoms with Crippen LogP contribution in [-0.4, -0.2) is 5.91 Å². The van der Waals surface area contributed by atoms with Gasteiger partial charge >= 0.3 is 0 Å². The summed E-state index contributed by atoms with van der Waals surface area (Å²) in [6.07, 6.45) is 2.58. The average molecular weight is 311 g/mol. The molecule has 23 heavy (non-hydrogen) atoms. The number of benzene rings is 2. The number of nitrogens with one attached hydrogen (secondary N) is 1. The second kappa shape index (κ2) is 6.15. The predicted molar refractivity (Wildman–Crippen MR) is 89.7 cm³/mol. The van der Waals surface area contributed by atoms with Gasteiger partial charge in [-0.2, -0.15) is 0 Å². The molecule has 0 bridgehead atoms. The summed E-state index contributed by atoms with van der Waals surface area (Å²) in [7, 11) is 0. The van der Waals surface area contributed by atoms with Gasteiger partial charge in [0.1, 0.15) is 5.82 Å². The first-order valence-electron chi connectivity index (χ1n) is 8.10. The van der Waals surface area contributed by atoms with Gasteiger partial charge in [-0.15, -0.1) is 0 Å². The Morgan fingerprint density at radius 1 is 1.17 bits per heavy atom. The number of hydrogen-bond acceptors (Lipinski definition) is 1. The molecular weight excluding hydrogens is 289 g/mol. The van der Waals surface area contributed by atoms with Gasteiger partial charge in [0.15, 0.2) is 0 Å². The number of amides is 1. The van der Waals surface area contributed by atoms with Crippen molar-refractivity contribution in [3.05, 3.63) is 71.0 Å². The highest BCUT2D eigenvalue weighted by Gasteiger charge is 2.27. The Bertz CT molecular complexity index is 706. The highest BCUT2D eigenvalue weighted by molar-refractivity contribution is 5.78. The largest absolute Gasteiger partial charge is 0.347 e. The Kier molecular flexibility index (Phi) is 4.20. The van der Waals surface area contributed by atoms with Gasteiger partial charge in [-0.05, 0) is 61.4 Å². The van der Waals surface area contributed by atoms with E-state index in [1.807, 2.05) is 19.9 Å². The summed E-state index contributed by atoms with van der Waals surface area (Å²) in [5.41, 5.74) is 3.06. The molecule has 0 spiro atoms. The van der Waals surface area contributed by atoms with Gasteiger partial charge in [0, 0.05) is 6.42 Å². The Hall–Kier alpha value is -2.16. The summed E-state index contributed by atoms with van der Waals surface area (Å²) in [6.45, 7) is 3.89. The van der Waals surface area contributed by atoms with Gasteiger partial charge < -0.3 is 5.32 Å². The van der Waals surface area contributed by atoms with Gasteiger partial charge in [-0.25, -0.2) is 4.39 Å². The summed E-state index contributed by atoms with van der Waals surface area (Å²) in [4.78, 5) is 12.5. The third-order valence-electron chi connectivity index (χ3n) is 4.71. The summed E-state index contributed by atoms with van der Waals surface area (Å²) >= 11 is 0. The van der Waals surface area contributed by atoms with E-state index in [0.717, 1.165) is 18.4 Å². The highest BCUT2D eigenvalue weighted by Crippen LogP contribution is 2.35. The van der Waals surface area contributed by atoms with E-state index in [4.69, 9.17) is 0 Å². The maximum Gasteiger partial charge on any atom is 0.221 e. The molecule has 3 rings (SSSR count). The molecule has 3 heteroatoms. The molecule has 0 heterocycles. The molecule has 0 radical (unpaired) electrons. The zero-order chi connectivity index (χ0) is 16.4. The first kappa shape index (κ1) is 15.7. The fraction of sp³-hybridized carbons (Fsp3) is 0.350. The van der Waals surface area contributed by atoms with E-state index < -0.39 is 5.54 Å². The Labute approximate surface area is 136 Å². The van der Waals surface area contributed by atoms with Gasteiger partial charge in [-0.3, -0.25) is 4.79 Å². The van der Waals surface area contributed by atoms with Crippen LogP contribution in [0.15, 0.2) is 48.5 Å². The van der Waals surface area contributed by atoms with E-state index >= 15 is 0 Å². The minimum Gasteiger partial charge on any atom is -0.347 e. The maximum absolute atomic E-state index is 13.1. The van der Waals surface area contributed by atoms with Crippen LogP contribution in [0.5, 0.6) is 0 Å². The van der Waals surface area contributed by atoms with Gasteiger partial charge in [0.05, 0.1) is 5.54 Å². The van der Waals surface area contributed by atoms with Gasteiger partial charge in [0.2, 0.25) is 5.91 Å². The third-order valence-corrected chi connectivity index (χ3v) is 4.71. The molecule has 0 aliphatic heterocycles. The molecule has 0 aromatic heterocycles. The fourth-order valence-electron chi connectivity index (χ4n) is 3.42. The first-order chi connectivity index (χ1) is 11.0. The molecule has 1 atom stereocenters. The number of rotatable bonds is 4. The van der Waals surface area contributed by atoms with Crippen molar-refractivity contribution in [3.63, 3.8) is 0 Å². The van der Waals surface area contributed by atoms with E-state index in [2.05, 4.69) is 23.5 Å². The van der Waals surface area contributed by atoms with Crippen molar-refractivity contribution in [2.24, 2.45) is 0 Å². The predicted octanol–water partition coefficient (Wildman–Crippen LogP) is 4.30. The number of fused-ring (bicyclic) bond motifs is 1. The molecule has 0 saturated carbocycles. The number of carbonyl (C=O) groups is 1. The Morgan fingerprint density at radius 2 is 1.87 bits per heavy atom. The monoisotopic (exact) mass is 311 g/mol. The topological polar surface area (TPSA) is 29.1 Å². The standard InChI is InChI=1S/C20H22FNO/c1-20(2,16-9-11-17(21)12-10-16)22-19(23)13-15-8-7-14-5-3-4-6-18(14)15/h3-6,9-12,15H,7-8,13H2,1-2H3,(H,22,23). The van der Waals surface area contributed by atoms with Crippen LogP contribution in [0.2, 0.25) is 0 Å². The minimum absolute atomic E-state index is 0.0426. The van der Waals surface area contributed by atoms with Gasteiger partial charge in [-0.1, -0.05) is 36.4 Å². The Morgan fingerprint density at radius 3 is 2.61 bits per heavy atom. The maximum atomic E-state index is 13.1. The second-order valence-electron chi connectivity index (χ2n) is 6.82. The highest BCUT2D eigenvalue weighted by atomic mass is 19.1. The first-order valence-corrected chi connectivity index (χ1v) is 8.10. The lowest BCUT2D eigenvalue weighted by atomic mass is 9.92. The van der Waals surface area contributed by atoms with E-state index in [0.29, 0.717) is 12.3 Å². The molecule has 2 nitrogen and oxygen atoms in total. The summed E-state index contributed by atoms with van der Waals surface area (Å²) in [5.74, 6) is 0.0784. The zero-order valence-corrected chi connectivity index (χ0v) is 13.6. The van der Waals surface area contributed by atoms with Crippen LogP contribution in [0.3, 0.4) is 0 Å². The number of halogens is 1. The molecule has 0 fully saturated rings. The van der Waals surface area contributed by atoms with Crippen LogP contribution >= 0.6 is 0 Å². The van der Waals surface area contributed by atoms with Crippen LogP contribution in [0.25, 0.3) is 0 Å². The summed E-state index contributed by atoms with van der Waals surface area (Å²) in [5, 5.41) is 3.09. The summed E-state index contributed by atoms with van der Waals surface area (Å²) in [6, 6.07) is 14.7. The minimum atomic E-state index is -0.511. The van der Waals surface area contributed by atoms with Crippen LogP contribution < -0.4 is 5.32 Å². The van der Waals surface area contributed by atoms with E-state index in [1.54, 1.807) is 12.1 Å². The number of carbonyl (C=O) groups excluding carboxylic acids is 1. The number of aryl methyl sites for hydroxylation is 1. The van der Waals surface area contributed by atoms with Crippen molar-refractivity contribution >= 4 is 5.91 Å². The third kappa shape index (κ3) is 3.44. The molecule has 1 unspecified atom stereocenters. The molecular formula is C20H22FNO. The molecule has 1 aliphatic rings. The van der Waals surface area contributed by atoms with Crippen LogP contribution in [-0.2, 0) is 16.8 Å². The van der Waals surface area contributed by atoms with Crippen molar-refractivity contribution in [3.8, 4) is 0 Å². The SMILES string of the molecule is CC(C)(NC(=O)CC1CCc2ccccc21)c1ccc(F)cc1. The molecule has 2 aromatic rings. The lowest BCUT2D eigenvalue weighted by Gasteiger charge is -2.27. The zero-order valence-electron chi connectivity index (χ0n) is 13.6. The van der Waals surface area contributed by atoms with Gasteiger partial charge in [0.25, 0.3) is 0 Å². The van der Waals surface area contributed by atoms with Crippen molar-refractivity contribution < 1.29 is 9.18 Å². The van der Waals surface area contributed by atoms with Crippen molar-refractivity contribution in [1.29, 1.82) is 0 Å². The molecule has 1 amide bonds. The molecule has 120 valence electrons. The molecule has 1 N–H and O–H groups in total. The van der Waals surface area contributed by atoms with Crippen molar-refractivity contribution in [1.82, 2.24) is 5.32 Å². The van der Waals surface area contributed by atoms with E-state index in [1.165, 1.54) is 23.3 Å². The second-order valence-corrected chi connectivity index (χ2v) is 6.82. The normalized spacial score (nSPS) is 16.9. The Balaban J connectivity index is 1.66. The van der Waals surface area contributed by atoms with Crippen LogP contribution in [0, 0.1) is 5.82 Å². The van der Waals surface area contributed by atoms with E-state index in [9.17, 15) is 9.18 Å². The van der Waals surface area contributed by atoms with Crippen LogP contribution in [0.4, 0.5) is 4.39 Å². The number of hydrogen-bond donors (Lipinski definition) is 1. The lowest BCUT2D eigenvalue weighted by Crippen LogP contribution is -2.41. The lowest BCUT2D eigenvalue weighted by molar-refractivity contribution is -0.123. The smallest absolute Gasteiger partial charge is 0.221 e. The van der Waals surface area contributed by atoms with Crippen molar-refractivity contribution in [2.45, 2.75) is 44.6 Å². The summed E-state index contributed by atoms with van der Waals surface area (Å²) < 4.78 is 13.1. The fourth-order valence-corrected chi connectivity index (χ4v) is 3.42. The van der Waals surface area contributed by atoms with Crippen molar-refractivity contribution in [2.75, 3.05) is 0 Å².